The van der Waals surface area contributed by atoms with E-state index in [2.05, 4.69) is 36.1 Å². The average Bonchev–Trinajstić information content (AvgIpc) is 2.28. The molecule has 0 amide bonds. The SMILES string of the molecule is CC(C)(C)c1nc(=S)cc(NC2CCCCC2)[nH]1. The summed E-state index contributed by atoms with van der Waals surface area (Å²) in [6, 6.07) is 2.51. The van der Waals surface area contributed by atoms with E-state index < -0.39 is 0 Å². The van der Waals surface area contributed by atoms with Crippen LogP contribution in [-0.4, -0.2) is 16.0 Å². The molecule has 1 aromatic heterocycles. The first-order valence-corrected chi connectivity index (χ1v) is 7.24. The molecule has 1 heterocycles. The molecule has 4 heteroatoms. The van der Waals surface area contributed by atoms with Crippen LogP contribution in [-0.2, 0) is 5.41 Å². The van der Waals surface area contributed by atoms with Gasteiger partial charge in [-0.25, -0.2) is 4.98 Å². The molecule has 0 atom stereocenters. The van der Waals surface area contributed by atoms with E-state index in [9.17, 15) is 0 Å². The van der Waals surface area contributed by atoms with Crippen molar-refractivity contribution in [2.75, 3.05) is 5.32 Å². The van der Waals surface area contributed by atoms with Gasteiger partial charge in [-0.2, -0.15) is 0 Å². The largest absolute Gasteiger partial charge is 0.369 e. The molecular formula is C14H23N3S. The van der Waals surface area contributed by atoms with Gasteiger partial charge >= 0.3 is 0 Å². The predicted molar refractivity (Wildman–Crippen MR) is 78.6 cm³/mol. The third-order valence-corrected chi connectivity index (χ3v) is 3.63. The first-order chi connectivity index (χ1) is 8.45. The van der Waals surface area contributed by atoms with E-state index in [4.69, 9.17) is 12.2 Å². The summed E-state index contributed by atoms with van der Waals surface area (Å²) in [5.41, 5.74) is -0.00217. The number of nitrogens with one attached hydrogen (secondary N) is 2. The molecule has 1 saturated carbocycles. The van der Waals surface area contributed by atoms with E-state index in [0.717, 1.165) is 11.6 Å². The Bertz CT molecular complexity index is 453. The number of hydrogen-bond donors (Lipinski definition) is 2. The highest BCUT2D eigenvalue weighted by Crippen LogP contribution is 2.23. The lowest BCUT2D eigenvalue weighted by Crippen LogP contribution is -2.24. The quantitative estimate of drug-likeness (QED) is 0.788. The van der Waals surface area contributed by atoms with Crippen LogP contribution in [0.5, 0.6) is 0 Å². The zero-order chi connectivity index (χ0) is 13.2. The monoisotopic (exact) mass is 265 g/mol. The van der Waals surface area contributed by atoms with Crippen LogP contribution in [0.3, 0.4) is 0 Å². The average molecular weight is 265 g/mol. The Kier molecular flexibility index (Phi) is 4.05. The molecule has 1 aliphatic rings. The third-order valence-electron chi connectivity index (χ3n) is 3.42. The van der Waals surface area contributed by atoms with Gasteiger partial charge in [0.05, 0.1) is 0 Å². The van der Waals surface area contributed by atoms with Gasteiger partial charge in [0.2, 0.25) is 0 Å². The molecule has 1 aliphatic carbocycles. The summed E-state index contributed by atoms with van der Waals surface area (Å²) < 4.78 is 0.664. The predicted octanol–water partition coefficient (Wildman–Crippen LogP) is 4.18. The minimum Gasteiger partial charge on any atom is -0.369 e. The number of H-pyrrole nitrogens is 1. The molecule has 0 bridgehead atoms. The fourth-order valence-corrected chi connectivity index (χ4v) is 2.57. The summed E-state index contributed by atoms with van der Waals surface area (Å²) in [5, 5.41) is 3.57. The maximum absolute atomic E-state index is 5.25. The number of aromatic amines is 1. The molecule has 0 radical (unpaired) electrons. The van der Waals surface area contributed by atoms with E-state index >= 15 is 0 Å². The van der Waals surface area contributed by atoms with E-state index in [1.807, 2.05) is 6.07 Å². The summed E-state index contributed by atoms with van der Waals surface area (Å²) in [5.74, 6) is 1.97. The summed E-state index contributed by atoms with van der Waals surface area (Å²) >= 11 is 5.25. The van der Waals surface area contributed by atoms with Crippen LogP contribution in [0.25, 0.3) is 0 Å². The lowest BCUT2D eigenvalue weighted by molar-refractivity contribution is 0.461. The second kappa shape index (κ2) is 5.39. The van der Waals surface area contributed by atoms with Crippen LogP contribution in [0.1, 0.15) is 58.7 Å². The van der Waals surface area contributed by atoms with Crippen LogP contribution in [0.2, 0.25) is 0 Å². The van der Waals surface area contributed by atoms with Gasteiger partial charge in [0.15, 0.2) is 0 Å². The Balaban J connectivity index is 2.17. The topological polar surface area (TPSA) is 40.7 Å². The summed E-state index contributed by atoms with van der Waals surface area (Å²) in [7, 11) is 0. The van der Waals surface area contributed by atoms with E-state index in [0.29, 0.717) is 10.7 Å². The van der Waals surface area contributed by atoms with Gasteiger partial charge in [0, 0.05) is 17.5 Å². The maximum Gasteiger partial charge on any atom is 0.131 e. The van der Waals surface area contributed by atoms with Gasteiger partial charge in [0.25, 0.3) is 0 Å². The molecule has 0 saturated heterocycles. The lowest BCUT2D eigenvalue weighted by atomic mass is 9.95. The van der Waals surface area contributed by atoms with Gasteiger partial charge in [0.1, 0.15) is 16.3 Å². The molecule has 0 unspecified atom stereocenters. The highest BCUT2D eigenvalue weighted by atomic mass is 32.1. The van der Waals surface area contributed by atoms with Gasteiger partial charge < -0.3 is 10.3 Å². The van der Waals surface area contributed by atoms with Crippen molar-refractivity contribution in [3.63, 3.8) is 0 Å². The zero-order valence-corrected chi connectivity index (χ0v) is 12.4. The van der Waals surface area contributed by atoms with Crippen LogP contribution in [0, 0.1) is 4.64 Å². The van der Waals surface area contributed by atoms with E-state index in [1.54, 1.807) is 0 Å². The normalized spacial score (nSPS) is 17.7. The molecule has 1 fully saturated rings. The molecule has 0 aliphatic heterocycles. The Morgan fingerprint density at radius 2 is 1.94 bits per heavy atom. The Morgan fingerprint density at radius 1 is 1.28 bits per heavy atom. The molecular weight excluding hydrogens is 242 g/mol. The number of anilines is 1. The summed E-state index contributed by atoms with van der Waals surface area (Å²) in [6.07, 6.45) is 6.55. The van der Waals surface area contributed by atoms with Crippen molar-refractivity contribution in [2.24, 2.45) is 0 Å². The van der Waals surface area contributed by atoms with Crippen LogP contribution < -0.4 is 5.32 Å². The zero-order valence-electron chi connectivity index (χ0n) is 11.5. The summed E-state index contributed by atoms with van der Waals surface area (Å²) in [4.78, 5) is 7.80. The molecule has 100 valence electrons. The Labute approximate surface area is 114 Å². The van der Waals surface area contributed by atoms with Crippen molar-refractivity contribution in [2.45, 2.75) is 64.3 Å². The maximum atomic E-state index is 5.25. The first-order valence-electron chi connectivity index (χ1n) is 6.83. The standard InChI is InChI=1S/C14H23N3S/c1-14(2,3)13-16-11(9-12(18)17-13)15-10-7-5-4-6-8-10/h9-10H,4-8H2,1-3H3,(H2,15,16,17,18). The fourth-order valence-electron chi connectivity index (χ4n) is 2.36. The molecule has 3 nitrogen and oxygen atoms in total. The molecule has 0 aromatic carbocycles. The molecule has 1 aromatic rings. The minimum atomic E-state index is -0.00217. The third kappa shape index (κ3) is 3.55. The van der Waals surface area contributed by atoms with Gasteiger partial charge in [-0.05, 0) is 12.8 Å². The highest BCUT2D eigenvalue weighted by Gasteiger charge is 2.18. The Hall–Kier alpha value is -0.900. The van der Waals surface area contributed by atoms with Crippen molar-refractivity contribution < 1.29 is 0 Å². The van der Waals surface area contributed by atoms with Crippen molar-refractivity contribution in [3.05, 3.63) is 16.5 Å². The summed E-state index contributed by atoms with van der Waals surface area (Å²) in [6.45, 7) is 6.43. The molecule has 0 spiro atoms. The van der Waals surface area contributed by atoms with Crippen molar-refractivity contribution in [3.8, 4) is 0 Å². The Morgan fingerprint density at radius 3 is 2.56 bits per heavy atom. The van der Waals surface area contributed by atoms with E-state index in [-0.39, 0.29) is 5.41 Å². The molecule has 2 rings (SSSR count). The number of aromatic nitrogens is 2. The van der Waals surface area contributed by atoms with Crippen LogP contribution >= 0.6 is 12.2 Å². The number of nitrogens with zero attached hydrogens (tertiary/aromatic N) is 1. The first kappa shape index (κ1) is 13.5. The van der Waals surface area contributed by atoms with Crippen molar-refractivity contribution in [1.82, 2.24) is 9.97 Å². The molecule has 2 N–H and O–H groups in total. The smallest absolute Gasteiger partial charge is 0.131 e. The second-order valence-electron chi connectivity index (χ2n) is 6.21. The second-order valence-corrected chi connectivity index (χ2v) is 6.63. The van der Waals surface area contributed by atoms with Crippen molar-refractivity contribution >= 4 is 18.0 Å². The van der Waals surface area contributed by atoms with Crippen LogP contribution in [0.15, 0.2) is 6.07 Å². The highest BCUT2D eigenvalue weighted by molar-refractivity contribution is 7.71. The number of rotatable bonds is 2. The minimum absolute atomic E-state index is 0.00217. The van der Waals surface area contributed by atoms with E-state index in [1.165, 1.54) is 32.1 Å². The van der Waals surface area contributed by atoms with Crippen LogP contribution in [0.4, 0.5) is 5.82 Å². The van der Waals surface area contributed by atoms with Gasteiger partial charge in [-0.1, -0.05) is 52.3 Å². The molecule has 18 heavy (non-hydrogen) atoms. The lowest BCUT2D eigenvalue weighted by Gasteiger charge is -2.25. The van der Waals surface area contributed by atoms with Gasteiger partial charge in [-0.15, -0.1) is 0 Å². The fraction of sp³-hybridized carbons (Fsp3) is 0.714. The number of hydrogen-bond acceptors (Lipinski definition) is 3. The van der Waals surface area contributed by atoms with Gasteiger partial charge in [-0.3, -0.25) is 0 Å². The van der Waals surface area contributed by atoms with Crippen molar-refractivity contribution in [1.29, 1.82) is 0 Å².